The number of ether oxygens (including phenoxy) is 2. The van der Waals surface area contributed by atoms with Gasteiger partial charge in [-0.25, -0.2) is 0 Å². The maximum atomic E-state index is 12.4. The molecule has 0 aliphatic carbocycles. The number of methoxy groups -OCH3 is 2. The van der Waals surface area contributed by atoms with E-state index in [0.29, 0.717) is 16.5 Å². The van der Waals surface area contributed by atoms with Crippen LogP contribution in [0.25, 0.3) is 5.69 Å². The van der Waals surface area contributed by atoms with Crippen molar-refractivity contribution in [3.8, 4) is 11.4 Å². The molecule has 40 heavy (non-hydrogen) atoms. The SMILES string of the molecule is COCC(=O)Nc1cc(N2C(=S)N[C@@H](c3ccccn3)[C@@H]2c2cc(C)n(-c3cccc(Br)c3)c2C)ccc1OC. The van der Waals surface area contributed by atoms with E-state index in [4.69, 9.17) is 21.7 Å². The molecule has 8 nitrogen and oxygen atoms in total. The lowest BCUT2D eigenvalue weighted by Crippen LogP contribution is -2.29. The first kappa shape index (κ1) is 27.8. The summed E-state index contributed by atoms with van der Waals surface area (Å²) in [5, 5.41) is 6.97. The molecule has 2 atom stereocenters. The lowest BCUT2D eigenvalue weighted by molar-refractivity contribution is -0.119. The lowest BCUT2D eigenvalue weighted by atomic mass is 9.96. The van der Waals surface area contributed by atoms with Gasteiger partial charge < -0.3 is 29.6 Å². The van der Waals surface area contributed by atoms with Gasteiger partial charge in [0.15, 0.2) is 5.11 Å². The van der Waals surface area contributed by atoms with Crippen molar-refractivity contribution >= 4 is 50.5 Å². The third-order valence-electron chi connectivity index (χ3n) is 6.96. The number of aromatic nitrogens is 2. The Kier molecular flexibility index (Phi) is 8.20. The predicted octanol–water partition coefficient (Wildman–Crippen LogP) is 6.02. The number of thiocarbonyl (C=S) groups is 1. The van der Waals surface area contributed by atoms with Gasteiger partial charge in [-0.2, -0.15) is 0 Å². The van der Waals surface area contributed by atoms with Gasteiger partial charge in [0.05, 0.1) is 30.6 Å². The number of aryl methyl sites for hydroxylation is 1. The molecule has 10 heteroatoms. The van der Waals surface area contributed by atoms with Gasteiger partial charge in [0.2, 0.25) is 5.91 Å². The molecule has 1 aliphatic heterocycles. The van der Waals surface area contributed by atoms with Crippen molar-refractivity contribution in [1.29, 1.82) is 0 Å². The van der Waals surface area contributed by atoms with Crippen molar-refractivity contribution in [3.63, 3.8) is 0 Å². The fourth-order valence-electron chi connectivity index (χ4n) is 5.31. The molecule has 0 unspecified atom stereocenters. The van der Waals surface area contributed by atoms with Crippen molar-refractivity contribution in [2.24, 2.45) is 0 Å². The minimum Gasteiger partial charge on any atom is -0.495 e. The Morgan fingerprint density at radius 3 is 2.60 bits per heavy atom. The Labute approximate surface area is 247 Å². The number of rotatable bonds is 8. The average Bonchev–Trinajstić information content (AvgIpc) is 3.44. The highest BCUT2D eigenvalue weighted by atomic mass is 79.9. The van der Waals surface area contributed by atoms with Crippen LogP contribution in [0.2, 0.25) is 0 Å². The number of amides is 1. The first-order chi connectivity index (χ1) is 19.3. The fourth-order valence-corrected chi connectivity index (χ4v) is 6.04. The number of carbonyl (C=O) groups is 1. The van der Waals surface area contributed by atoms with Crippen LogP contribution in [0, 0.1) is 13.8 Å². The molecule has 0 radical (unpaired) electrons. The molecule has 0 saturated carbocycles. The lowest BCUT2D eigenvalue weighted by Gasteiger charge is -2.29. The van der Waals surface area contributed by atoms with E-state index in [9.17, 15) is 4.79 Å². The second-order valence-electron chi connectivity index (χ2n) is 9.50. The van der Waals surface area contributed by atoms with Crippen molar-refractivity contribution in [2.45, 2.75) is 25.9 Å². The van der Waals surface area contributed by atoms with E-state index < -0.39 is 0 Å². The Morgan fingerprint density at radius 1 is 1.07 bits per heavy atom. The normalized spacial score (nSPS) is 16.6. The summed E-state index contributed by atoms with van der Waals surface area (Å²) in [4.78, 5) is 19.2. The summed E-state index contributed by atoms with van der Waals surface area (Å²) in [7, 11) is 3.05. The number of nitrogens with zero attached hydrogens (tertiary/aromatic N) is 3. The molecule has 1 amide bonds. The molecule has 0 spiro atoms. The van der Waals surface area contributed by atoms with E-state index in [1.165, 1.54) is 7.11 Å². The fraction of sp³-hybridized carbons (Fsp3) is 0.233. The van der Waals surface area contributed by atoms with Gasteiger partial charge in [0.25, 0.3) is 0 Å². The first-order valence-electron chi connectivity index (χ1n) is 12.7. The topological polar surface area (TPSA) is 80.7 Å². The van der Waals surface area contributed by atoms with E-state index in [0.717, 1.165) is 38.5 Å². The summed E-state index contributed by atoms with van der Waals surface area (Å²) in [6.07, 6.45) is 1.79. The number of pyridine rings is 1. The molecule has 1 fully saturated rings. The molecular formula is C30H30BrN5O3S. The van der Waals surface area contributed by atoms with Crippen LogP contribution in [-0.4, -0.2) is 41.4 Å². The zero-order valence-corrected chi connectivity index (χ0v) is 25.0. The van der Waals surface area contributed by atoms with Crippen LogP contribution in [-0.2, 0) is 9.53 Å². The Bertz CT molecular complexity index is 1560. The molecule has 2 aromatic heterocycles. The highest BCUT2D eigenvalue weighted by Crippen LogP contribution is 2.45. The molecule has 206 valence electrons. The zero-order valence-electron chi connectivity index (χ0n) is 22.6. The molecule has 1 aliphatic rings. The summed E-state index contributed by atoms with van der Waals surface area (Å²) in [5.41, 5.74) is 6.60. The van der Waals surface area contributed by atoms with Gasteiger partial charge >= 0.3 is 0 Å². The number of anilines is 2. The second-order valence-corrected chi connectivity index (χ2v) is 10.8. The summed E-state index contributed by atoms with van der Waals surface area (Å²) in [5.74, 6) is 0.262. The van der Waals surface area contributed by atoms with Gasteiger partial charge in [0, 0.05) is 40.5 Å². The zero-order chi connectivity index (χ0) is 28.4. The van der Waals surface area contributed by atoms with Crippen LogP contribution in [0.1, 0.15) is 34.7 Å². The maximum absolute atomic E-state index is 12.4. The van der Waals surface area contributed by atoms with E-state index in [-0.39, 0.29) is 24.6 Å². The first-order valence-corrected chi connectivity index (χ1v) is 13.9. The van der Waals surface area contributed by atoms with Crippen LogP contribution in [0.15, 0.2) is 77.4 Å². The largest absolute Gasteiger partial charge is 0.495 e. The maximum Gasteiger partial charge on any atom is 0.250 e. The van der Waals surface area contributed by atoms with E-state index in [1.807, 2.05) is 48.5 Å². The van der Waals surface area contributed by atoms with Gasteiger partial charge in [-0.05, 0) is 86.2 Å². The van der Waals surface area contributed by atoms with Crippen LogP contribution >= 0.6 is 28.1 Å². The number of halogens is 1. The highest BCUT2D eigenvalue weighted by molar-refractivity contribution is 9.10. The minimum atomic E-state index is -0.277. The Balaban J connectivity index is 1.65. The minimum absolute atomic E-state index is 0.0664. The van der Waals surface area contributed by atoms with Crippen molar-refractivity contribution < 1.29 is 14.3 Å². The van der Waals surface area contributed by atoms with Crippen molar-refractivity contribution in [3.05, 3.63) is 100 Å². The van der Waals surface area contributed by atoms with Crippen molar-refractivity contribution in [2.75, 3.05) is 31.0 Å². The third-order valence-corrected chi connectivity index (χ3v) is 7.77. The van der Waals surface area contributed by atoms with Gasteiger partial charge in [0.1, 0.15) is 12.4 Å². The number of nitrogens with one attached hydrogen (secondary N) is 2. The average molecular weight is 621 g/mol. The van der Waals surface area contributed by atoms with Gasteiger partial charge in [-0.15, -0.1) is 0 Å². The number of benzene rings is 2. The predicted molar refractivity (Wildman–Crippen MR) is 164 cm³/mol. The molecule has 5 rings (SSSR count). The molecular weight excluding hydrogens is 590 g/mol. The monoisotopic (exact) mass is 619 g/mol. The van der Waals surface area contributed by atoms with Crippen molar-refractivity contribution in [1.82, 2.24) is 14.9 Å². The number of carbonyl (C=O) groups excluding carboxylic acids is 1. The highest BCUT2D eigenvalue weighted by Gasteiger charge is 2.42. The summed E-state index contributed by atoms with van der Waals surface area (Å²) >= 11 is 9.55. The quantitative estimate of drug-likeness (QED) is 0.233. The standard InChI is InChI=1S/C30H30BrN5O3S/c1-18-14-23(19(2)35(18)21-9-7-8-20(31)15-21)29-28(24-10-5-6-13-32-24)34-30(40)36(29)22-11-12-26(39-4)25(16-22)33-27(37)17-38-3/h5-16,28-29H,17H2,1-4H3,(H,33,37)(H,34,40)/t28-,29-/m0/s1. The molecule has 2 N–H and O–H groups in total. The summed E-state index contributed by atoms with van der Waals surface area (Å²) in [6, 6.07) is 21.6. The summed E-state index contributed by atoms with van der Waals surface area (Å²) < 4.78 is 13.8. The van der Waals surface area contributed by atoms with Crippen LogP contribution in [0.5, 0.6) is 5.75 Å². The Morgan fingerprint density at radius 2 is 1.90 bits per heavy atom. The molecule has 4 aromatic rings. The number of hydrogen-bond acceptors (Lipinski definition) is 5. The van der Waals surface area contributed by atoms with Crippen LogP contribution in [0.3, 0.4) is 0 Å². The van der Waals surface area contributed by atoms with Crippen LogP contribution in [0.4, 0.5) is 11.4 Å². The Hall–Kier alpha value is -3.73. The third kappa shape index (κ3) is 5.34. The van der Waals surface area contributed by atoms with Crippen LogP contribution < -0.4 is 20.3 Å². The second kappa shape index (κ2) is 11.8. The molecule has 0 bridgehead atoms. The van der Waals surface area contributed by atoms with E-state index >= 15 is 0 Å². The van der Waals surface area contributed by atoms with Gasteiger partial charge in [-0.3, -0.25) is 9.78 Å². The molecule has 3 heterocycles. The smallest absolute Gasteiger partial charge is 0.250 e. The van der Waals surface area contributed by atoms with E-state index in [2.05, 4.69) is 73.1 Å². The number of hydrogen-bond donors (Lipinski definition) is 2. The molecule has 1 saturated heterocycles. The van der Waals surface area contributed by atoms with Gasteiger partial charge in [-0.1, -0.05) is 28.1 Å². The summed E-state index contributed by atoms with van der Waals surface area (Å²) in [6.45, 7) is 4.17. The molecule has 2 aromatic carbocycles. The van der Waals surface area contributed by atoms with E-state index in [1.54, 1.807) is 13.3 Å².